The van der Waals surface area contributed by atoms with Gasteiger partial charge in [0, 0.05) is 11.8 Å². The van der Waals surface area contributed by atoms with Gasteiger partial charge in [-0.25, -0.2) is 8.78 Å². The molecular formula is C11H8BrF2NO. The molecule has 1 heterocycles. The van der Waals surface area contributed by atoms with E-state index < -0.39 is 11.6 Å². The Morgan fingerprint density at radius 2 is 1.94 bits per heavy atom. The number of halogens is 3. The lowest BCUT2D eigenvalue weighted by Gasteiger charge is -2.04. The molecular weight excluding hydrogens is 280 g/mol. The topological polar surface area (TPSA) is 25.2 Å². The smallest absolute Gasteiger partial charge is 0.169 e. The molecule has 0 atom stereocenters. The zero-order valence-electron chi connectivity index (χ0n) is 8.14. The summed E-state index contributed by atoms with van der Waals surface area (Å²) >= 11 is 3.18. The van der Waals surface area contributed by atoms with Crippen LogP contribution in [-0.2, 0) is 6.54 Å². The molecule has 0 unspecified atom stereocenters. The molecule has 0 aliphatic rings. The van der Waals surface area contributed by atoms with E-state index in [1.165, 1.54) is 6.07 Å². The van der Waals surface area contributed by atoms with Gasteiger partial charge in [0.1, 0.15) is 5.76 Å². The average Bonchev–Trinajstić information content (AvgIpc) is 2.66. The summed E-state index contributed by atoms with van der Waals surface area (Å²) in [6, 6.07) is 7.21. The third-order valence-corrected chi connectivity index (χ3v) is 2.44. The highest BCUT2D eigenvalue weighted by Gasteiger charge is 2.03. The molecule has 0 amide bonds. The van der Waals surface area contributed by atoms with Gasteiger partial charge in [-0.15, -0.1) is 0 Å². The van der Waals surface area contributed by atoms with Crippen molar-refractivity contribution in [2.45, 2.75) is 6.54 Å². The first-order valence-corrected chi connectivity index (χ1v) is 5.37. The van der Waals surface area contributed by atoms with Gasteiger partial charge in [0.25, 0.3) is 0 Å². The Morgan fingerprint density at radius 1 is 1.12 bits per heavy atom. The summed E-state index contributed by atoms with van der Waals surface area (Å²) in [6.07, 6.45) is 0. The summed E-state index contributed by atoms with van der Waals surface area (Å²) in [5.74, 6) is -1.02. The van der Waals surface area contributed by atoms with Crippen LogP contribution >= 0.6 is 15.9 Å². The first-order chi connectivity index (χ1) is 7.65. The highest BCUT2D eigenvalue weighted by Crippen LogP contribution is 2.17. The fraction of sp³-hybridized carbons (Fsp3) is 0.0909. The third kappa shape index (κ3) is 2.61. The quantitative estimate of drug-likeness (QED) is 0.925. The van der Waals surface area contributed by atoms with Gasteiger partial charge < -0.3 is 9.73 Å². The van der Waals surface area contributed by atoms with E-state index in [1.54, 1.807) is 12.1 Å². The molecule has 0 spiro atoms. The van der Waals surface area contributed by atoms with Crippen molar-refractivity contribution >= 4 is 21.6 Å². The van der Waals surface area contributed by atoms with Crippen LogP contribution in [0, 0.1) is 11.6 Å². The minimum absolute atomic E-state index is 0.413. The van der Waals surface area contributed by atoms with Crippen molar-refractivity contribution in [3.05, 3.63) is 52.4 Å². The van der Waals surface area contributed by atoms with E-state index in [1.807, 2.05) is 0 Å². The van der Waals surface area contributed by atoms with Crippen molar-refractivity contribution in [3.63, 3.8) is 0 Å². The summed E-state index contributed by atoms with van der Waals surface area (Å²) in [5, 5.41) is 2.92. The number of nitrogens with one attached hydrogen (secondary N) is 1. The van der Waals surface area contributed by atoms with E-state index in [0.717, 1.165) is 12.1 Å². The second-order valence-corrected chi connectivity index (χ2v) is 3.97. The van der Waals surface area contributed by atoms with Gasteiger partial charge in [-0.1, -0.05) is 0 Å². The zero-order valence-corrected chi connectivity index (χ0v) is 9.72. The fourth-order valence-electron chi connectivity index (χ4n) is 1.24. The molecule has 1 aromatic heterocycles. The lowest BCUT2D eigenvalue weighted by molar-refractivity contribution is 0.495. The lowest BCUT2D eigenvalue weighted by atomic mass is 10.3. The lowest BCUT2D eigenvalue weighted by Crippen LogP contribution is -1.99. The summed E-state index contributed by atoms with van der Waals surface area (Å²) < 4.78 is 31.4. The van der Waals surface area contributed by atoms with Crippen molar-refractivity contribution in [3.8, 4) is 0 Å². The molecule has 2 nitrogen and oxygen atoms in total. The maximum absolute atomic E-state index is 12.9. The predicted molar refractivity (Wildman–Crippen MR) is 60.1 cm³/mol. The molecule has 16 heavy (non-hydrogen) atoms. The fourth-order valence-corrected chi connectivity index (χ4v) is 1.58. The van der Waals surface area contributed by atoms with Crippen molar-refractivity contribution in [1.82, 2.24) is 0 Å². The molecule has 0 fully saturated rings. The number of anilines is 1. The largest absolute Gasteiger partial charge is 0.452 e. The van der Waals surface area contributed by atoms with Gasteiger partial charge in [0.2, 0.25) is 0 Å². The van der Waals surface area contributed by atoms with E-state index in [-0.39, 0.29) is 0 Å². The van der Waals surface area contributed by atoms with Crippen molar-refractivity contribution in [2.75, 3.05) is 5.32 Å². The van der Waals surface area contributed by atoms with E-state index in [2.05, 4.69) is 21.2 Å². The normalized spacial score (nSPS) is 10.4. The van der Waals surface area contributed by atoms with E-state index in [4.69, 9.17) is 4.42 Å². The van der Waals surface area contributed by atoms with Crippen LogP contribution in [0.3, 0.4) is 0 Å². The van der Waals surface area contributed by atoms with E-state index >= 15 is 0 Å². The first-order valence-electron chi connectivity index (χ1n) is 4.58. The predicted octanol–water partition coefficient (Wildman–Crippen LogP) is 3.93. The molecule has 2 aromatic rings. The summed E-state index contributed by atoms with van der Waals surface area (Å²) in [4.78, 5) is 0. The zero-order chi connectivity index (χ0) is 11.5. The number of benzene rings is 1. The number of rotatable bonds is 3. The summed E-state index contributed by atoms with van der Waals surface area (Å²) in [7, 11) is 0. The van der Waals surface area contributed by atoms with E-state index in [9.17, 15) is 8.78 Å². The Balaban J connectivity index is 2.02. The third-order valence-electron chi connectivity index (χ3n) is 2.02. The molecule has 0 saturated heterocycles. The molecule has 1 aromatic carbocycles. The Kier molecular flexibility index (Phi) is 3.24. The van der Waals surface area contributed by atoms with Crippen molar-refractivity contribution < 1.29 is 13.2 Å². The van der Waals surface area contributed by atoms with Gasteiger partial charge in [-0.3, -0.25) is 0 Å². The van der Waals surface area contributed by atoms with Crippen LogP contribution in [0.1, 0.15) is 5.76 Å². The number of furan rings is 1. The first kappa shape index (κ1) is 11.1. The molecule has 0 aliphatic carbocycles. The molecule has 1 N–H and O–H groups in total. The second kappa shape index (κ2) is 4.65. The van der Waals surface area contributed by atoms with Crippen LogP contribution in [0.15, 0.2) is 39.4 Å². The molecule has 0 radical (unpaired) electrons. The molecule has 0 bridgehead atoms. The van der Waals surface area contributed by atoms with Crippen LogP contribution in [0.5, 0.6) is 0 Å². The highest BCUT2D eigenvalue weighted by molar-refractivity contribution is 9.10. The van der Waals surface area contributed by atoms with Gasteiger partial charge >= 0.3 is 0 Å². The van der Waals surface area contributed by atoms with Crippen LogP contribution in [0.2, 0.25) is 0 Å². The Bertz CT molecular complexity index is 498. The monoisotopic (exact) mass is 287 g/mol. The molecule has 0 aliphatic heterocycles. The minimum Gasteiger partial charge on any atom is -0.452 e. The maximum atomic E-state index is 12.9. The molecule has 5 heteroatoms. The van der Waals surface area contributed by atoms with Crippen LogP contribution in [0.25, 0.3) is 0 Å². The Labute approximate surface area is 99.4 Å². The van der Waals surface area contributed by atoms with Gasteiger partial charge in [0.15, 0.2) is 16.3 Å². The molecule has 0 saturated carbocycles. The maximum Gasteiger partial charge on any atom is 0.169 e. The molecule has 2 rings (SSSR count). The standard InChI is InChI=1S/C11H8BrF2NO/c12-11-4-2-8(16-11)6-15-7-1-3-9(13)10(14)5-7/h1-5,15H,6H2. The van der Waals surface area contributed by atoms with Crippen molar-refractivity contribution in [2.24, 2.45) is 0 Å². The highest BCUT2D eigenvalue weighted by atomic mass is 79.9. The molecule has 84 valence electrons. The van der Waals surface area contributed by atoms with Gasteiger partial charge in [-0.2, -0.15) is 0 Å². The van der Waals surface area contributed by atoms with Gasteiger partial charge in [0.05, 0.1) is 6.54 Å². The van der Waals surface area contributed by atoms with Crippen molar-refractivity contribution in [1.29, 1.82) is 0 Å². The van der Waals surface area contributed by atoms with Gasteiger partial charge in [-0.05, 0) is 40.2 Å². The van der Waals surface area contributed by atoms with Crippen LogP contribution in [0.4, 0.5) is 14.5 Å². The Hall–Kier alpha value is -1.36. The van der Waals surface area contributed by atoms with Crippen LogP contribution < -0.4 is 5.32 Å². The second-order valence-electron chi connectivity index (χ2n) is 3.19. The number of hydrogen-bond donors (Lipinski definition) is 1. The average molecular weight is 288 g/mol. The summed E-state index contributed by atoms with van der Waals surface area (Å²) in [5.41, 5.74) is 0.506. The number of hydrogen-bond acceptors (Lipinski definition) is 2. The summed E-state index contributed by atoms with van der Waals surface area (Å²) in [6.45, 7) is 0.413. The Morgan fingerprint density at radius 3 is 2.56 bits per heavy atom. The van der Waals surface area contributed by atoms with E-state index in [0.29, 0.717) is 22.7 Å². The van der Waals surface area contributed by atoms with Crippen LogP contribution in [-0.4, -0.2) is 0 Å². The minimum atomic E-state index is -0.870. The SMILES string of the molecule is Fc1ccc(NCc2ccc(Br)o2)cc1F.